The van der Waals surface area contributed by atoms with Crippen LogP contribution < -0.4 is 15.1 Å². The maximum absolute atomic E-state index is 14.6. The molecule has 10 heteroatoms. The Morgan fingerprint density at radius 1 is 1.06 bits per heavy atom. The lowest BCUT2D eigenvalue weighted by Gasteiger charge is -2.29. The lowest BCUT2D eigenvalue weighted by Crippen LogP contribution is -2.38. The van der Waals surface area contributed by atoms with Crippen molar-refractivity contribution in [1.82, 2.24) is 5.32 Å². The fourth-order valence-corrected chi connectivity index (χ4v) is 4.33. The lowest BCUT2D eigenvalue weighted by atomic mass is 9.94. The molecule has 2 aromatic rings. The van der Waals surface area contributed by atoms with E-state index in [1.54, 1.807) is 0 Å². The van der Waals surface area contributed by atoms with Crippen LogP contribution in [0.2, 0.25) is 0 Å². The van der Waals surface area contributed by atoms with Crippen molar-refractivity contribution in [2.75, 3.05) is 16.8 Å². The van der Waals surface area contributed by atoms with Crippen LogP contribution in [0.3, 0.4) is 0 Å². The Labute approximate surface area is 186 Å². The molecule has 33 heavy (non-hydrogen) atoms. The third-order valence-corrected chi connectivity index (χ3v) is 5.85. The van der Waals surface area contributed by atoms with E-state index in [9.17, 15) is 27.2 Å². The minimum absolute atomic E-state index is 0.00146. The van der Waals surface area contributed by atoms with Crippen molar-refractivity contribution in [3.8, 4) is 6.07 Å². The monoisotopic (exact) mass is 458 g/mol. The molecule has 0 spiro atoms. The van der Waals surface area contributed by atoms with E-state index in [2.05, 4.69) is 5.32 Å². The molecule has 2 aromatic carbocycles. The highest BCUT2D eigenvalue weighted by atomic mass is 19.4. The minimum atomic E-state index is -4.77. The van der Waals surface area contributed by atoms with E-state index < -0.39 is 47.1 Å². The van der Waals surface area contributed by atoms with Crippen molar-refractivity contribution in [3.63, 3.8) is 0 Å². The molecule has 2 atom stereocenters. The number of rotatable bonds is 3. The summed E-state index contributed by atoms with van der Waals surface area (Å²) in [5, 5.41) is 11.4. The Hall–Kier alpha value is -3.87. The molecule has 2 unspecified atom stereocenters. The van der Waals surface area contributed by atoms with Gasteiger partial charge in [-0.1, -0.05) is 12.2 Å². The third-order valence-electron chi connectivity index (χ3n) is 5.85. The summed E-state index contributed by atoms with van der Waals surface area (Å²) < 4.78 is 55.1. The first-order valence-corrected chi connectivity index (χ1v) is 10.1. The molecule has 1 aliphatic carbocycles. The smallest absolute Gasteiger partial charge is 0.355 e. The van der Waals surface area contributed by atoms with E-state index in [0.717, 1.165) is 18.2 Å². The Kier molecular flexibility index (Phi) is 5.57. The van der Waals surface area contributed by atoms with Crippen molar-refractivity contribution in [3.05, 3.63) is 71.1 Å². The summed E-state index contributed by atoms with van der Waals surface area (Å²) in [6.45, 7) is 0. The van der Waals surface area contributed by atoms with E-state index in [4.69, 9.17) is 5.26 Å². The van der Waals surface area contributed by atoms with Crippen LogP contribution in [-0.4, -0.2) is 31.1 Å². The molecule has 1 saturated heterocycles. The van der Waals surface area contributed by atoms with Gasteiger partial charge in [0.2, 0.25) is 0 Å². The van der Waals surface area contributed by atoms with Crippen molar-refractivity contribution < 1.29 is 27.2 Å². The Bertz CT molecular complexity index is 1200. The van der Waals surface area contributed by atoms with E-state index >= 15 is 0 Å². The maximum Gasteiger partial charge on any atom is 0.417 e. The summed E-state index contributed by atoms with van der Waals surface area (Å²) in [4.78, 5) is 27.9. The molecule has 6 nitrogen and oxygen atoms in total. The molecular weight excluding hydrogens is 440 g/mol. The number of hydrogen-bond acceptors (Lipinski definition) is 3. The molecule has 0 saturated carbocycles. The quantitative estimate of drug-likeness (QED) is 0.539. The number of halogens is 4. The molecule has 2 aliphatic rings. The molecule has 1 fully saturated rings. The number of benzene rings is 2. The second kappa shape index (κ2) is 8.24. The predicted molar refractivity (Wildman–Crippen MR) is 112 cm³/mol. The lowest BCUT2D eigenvalue weighted by molar-refractivity contribution is -0.137. The highest BCUT2D eigenvalue weighted by Gasteiger charge is 2.47. The number of anilines is 2. The Balaban J connectivity index is 1.78. The summed E-state index contributed by atoms with van der Waals surface area (Å²) in [6, 6.07) is 6.89. The zero-order chi connectivity index (χ0) is 23.9. The van der Waals surface area contributed by atoms with E-state index in [-0.39, 0.29) is 16.9 Å². The molecule has 170 valence electrons. The minimum Gasteiger partial charge on any atom is -0.355 e. The topological polar surface area (TPSA) is 76.4 Å². The van der Waals surface area contributed by atoms with Crippen LogP contribution in [0.4, 0.5) is 33.7 Å². The first-order valence-electron chi connectivity index (χ1n) is 10.1. The van der Waals surface area contributed by atoms with Crippen LogP contribution in [0.1, 0.15) is 34.3 Å². The van der Waals surface area contributed by atoms with Crippen molar-refractivity contribution in [1.29, 1.82) is 5.26 Å². The highest BCUT2D eigenvalue weighted by molar-refractivity contribution is 6.08. The normalized spacial score (nSPS) is 19.9. The van der Waals surface area contributed by atoms with Gasteiger partial charge in [-0.15, -0.1) is 0 Å². The number of nitrogens with one attached hydrogen (secondary N) is 1. The van der Waals surface area contributed by atoms with Gasteiger partial charge in [0.1, 0.15) is 5.82 Å². The number of fused-ring (bicyclic) bond motifs is 1. The fraction of sp³-hybridized carbons (Fsp3) is 0.261. The first-order chi connectivity index (χ1) is 15.7. The third kappa shape index (κ3) is 3.80. The number of carbonyl (C=O) groups excluding carboxylic acids is 2. The second-order valence-electron chi connectivity index (χ2n) is 7.68. The standard InChI is InChI=1S/C23H18F4N4O2/c1-29-21(32)16-9-8-15(11-18(16)24)31-20-5-3-2-4-19(20)30(22(31)33)14-7-6-13(12-28)17(10-14)23(25,26)27/h2-3,6-11,19-20H,4-5H2,1H3,(H,29,32). The molecule has 3 amide bonds. The van der Waals surface area contributed by atoms with Gasteiger partial charge in [0.25, 0.3) is 5.91 Å². The molecule has 4 rings (SSSR count). The van der Waals surface area contributed by atoms with Gasteiger partial charge in [-0.25, -0.2) is 9.18 Å². The van der Waals surface area contributed by atoms with Crippen LogP contribution in [0.5, 0.6) is 0 Å². The summed E-state index contributed by atoms with van der Waals surface area (Å²) >= 11 is 0. The number of nitrogens with zero attached hydrogens (tertiary/aromatic N) is 3. The largest absolute Gasteiger partial charge is 0.417 e. The zero-order valence-electron chi connectivity index (χ0n) is 17.4. The Morgan fingerprint density at radius 3 is 2.15 bits per heavy atom. The van der Waals surface area contributed by atoms with Crippen molar-refractivity contribution in [2.24, 2.45) is 0 Å². The average Bonchev–Trinajstić information content (AvgIpc) is 3.09. The fourth-order valence-electron chi connectivity index (χ4n) is 4.33. The SMILES string of the molecule is CNC(=O)c1ccc(N2C(=O)N(c3ccc(C#N)c(C(F)(F)F)c3)C3CC=CCC32)cc1F. The molecular formula is C23H18F4N4O2. The van der Waals surface area contributed by atoms with Crippen molar-refractivity contribution >= 4 is 23.3 Å². The second-order valence-corrected chi connectivity index (χ2v) is 7.68. The molecule has 1 aliphatic heterocycles. The number of amides is 3. The van der Waals surface area contributed by atoms with Crippen LogP contribution in [-0.2, 0) is 6.18 Å². The summed E-state index contributed by atoms with van der Waals surface area (Å²) in [5.74, 6) is -1.44. The van der Waals surface area contributed by atoms with E-state index in [0.29, 0.717) is 12.8 Å². The number of carbonyl (C=O) groups is 2. The number of hydrogen-bond donors (Lipinski definition) is 1. The maximum atomic E-state index is 14.6. The van der Waals surface area contributed by atoms with Crippen LogP contribution >= 0.6 is 0 Å². The van der Waals surface area contributed by atoms with Gasteiger partial charge < -0.3 is 5.32 Å². The van der Waals surface area contributed by atoms with Gasteiger partial charge in [-0.3, -0.25) is 14.6 Å². The molecule has 1 heterocycles. The summed E-state index contributed by atoms with van der Waals surface area (Å²) in [7, 11) is 1.36. The van der Waals surface area contributed by atoms with Gasteiger partial charge in [-0.2, -0.15) is 18.4 Å². The molecule has 0 radical (unpaired) electrons. The van der Waals surface area contributed by atoms with Gasteiger partial charge in [0.05, 0.1) is 34.8 Å². The van der Waals surface area contributed by atoms with Gasteiger partial charge in [0.15, 0.2) is 0 Å². The number of nitriles is 1. The predicted octanol–water partition coefficient (Wildman–Crippen LogP) is 4.61. The van der Waals surface area contributed by atoms with Crippen molar-refractivity contribution in [2.45, 2.75) is 31.1 Å². The molecule has 0 bridgehead atoms. The zero-order valence-corrected chi connectivity index (χ0v) is 17.4. The number of urea groups is 1. The summed E-state index contributed by atoms with van der Waals surface area (Å²) in [6.07, 6.45) is -0.246. The first kappa shape index (κ1) is 22.3. The van der Waals surface area contributed by atoms with E-state index in [1.165, 1.54) is 41.1 Å². The van der Waals surface area contributed by atoms with Crippen LogP contribution in [0.15, 0.2) is 48.6 Å². The molecule has 0 aromatic heterocycles. The van der Waals surface area contributed by atoms with E-state index in [1.807, 2.05) is 12.2 Å². The highest BCUT2D eigenvalue weighted by Crippen LogP contribution is 2.41. The van der Waals surface area contributed by atoms with Gasteiger partial charge in [-0.05, 0) is 49.2 Å². The van der Waals surface area contributed by atoms with Gasteiger partial charge in [0, 0.05) is 18.4 Å². The Morgan fingerprint density at radius 2 is 1.64 bits per heavy atom. The molecule has 1 N–H and O–H groups in total. The average molecular weight is 458 g/mol. The summed E-state index contributed by atoms with van der Waals surface area (Å²) in [5.41, 5.74) is -1.66. The van der Waals surface area contributed by atoms with Crippen LogP contribution in [0, 0.1) is 17.1 Å². The van der Waals surface area contributed by atoms with Crippen LogP contribution in [0.25, 0.3) is 0 Å². The number of alkyl halides is 3. The van der Waals surface area contributed by atoms with Gasteiger partial charge >= 0.3 is 12.2 Å².